The Kier molecular flexibility index (Phi) is 4.16. The van der Waals surface area contributed by atoms with Gasteiger partial charge in [0.1, 0.15) is 0 Å². The van der Waals surface area contributed by atoms with E-state index in [-0.39, 0.29) is 0 Å². The molecule has 14 heavy (non-hydrogen) atoms. The molecular formula is C10H18N4. The molecule has 0 bridgehead atoms. The highest BCUT2D eigenvalue weighted by atomic mass is 15.2. The van der Waals surface area contributed by atoms with Gasteiger partial charge >= 0.3 is 0 Å². The Morgan fingerprint density at radius 1 is 1.14 bits per heavy atom. The second kappa shape index (κ2) is 5.42. The van der Waals surface area contributed by atoms with E-state index in [0.29, 0.717) is 5.69 Å². The fraction of sp³-hybridized carbons (Fsp3) is 0.600. The van der Waals surface area contributed by atoms with Gasteiger partial charge < -0.3 is 10.6 Å². The van der Waals surface area contributed by atoms with Crippen molar-refractivity contribution in [2.45, 2.75) is 26.7 Å². The first-order chi connectivity index (χ1) is 6.77. The molecule has 4 heteroatoms. The molecular weight excluding hydrogens is 176 g/mol. The Morgan fingerprint density at radius 3 is 2.07 bits per heavy atom. The van der Waals surface area contributed by atoms with Crippen LogP contribution in [0.2, 0.25) is 0 Å². The predicted octanol–water partition coefficient (Wildman–Crippen LogP) is 1.69. The largest absolute Gasteiger partial charge is 0.396 e. The van der Waals surface area contributed by atoms with Crippen molar-refractivity contribution in [3.05, 3.63) is 12.4 Å². The second-order valence-electron chi connectivity index (χ2n) is 3.30. The highest BCUT2D eigenvalue weighted by molar-refractivity contribution is 5.37. The summed E-state index contributed by atoms with van der Waals surface area (Å²) in [5.74, 6) is 0.780. The molecule has 1 rings (SSSR count). The van der Waals surface area contributed by atoms with Crippen LogP contribution in [0.4, 0.5) is 11.6 Å². The lowest BCUT2D eigenvalue weighted by molar-refractivity contribution is 0.721. The summed E-state index contributed by atoms with van der Waals surface area (Å²) in [6.45, 7) is 6.30. The molecule has 0 aliphatic carbocycles. The summed E-state index contributed by atoms with van der Waals surface area (Å²) in [6.07, 6.45) is 5.52. The molecule has 0 unspecified atom stereocenters. The molecule has 0 atom stereocenters. The molecule has 1 aromatic heterocycles. The van der Waals surface area contributed by atoms with Gasteiger partial charge in [-0.3, -0.25) is 0 Å². The topological polar surface area (TPSA) is 55.0 Å². The van der Waals surface area contributed by atoms with Crippen LogP contribution >= 0.6 is 0 Å². The number of hydrogen-bond acceptors (Lipinski definition) is 4. The minimum absolute atomic E-state index is 0.613. The quantitative estimate of drug-likeness (QED) is 0.775. The molecule has 2 N–H and O–H groups in total. The highest BCUT2D eigenvalue weighted by Gasteiger charge is 2.06. The summed E-state index contributed by atoms with van der Waals surface area (Å²) in [7, 11) is 0. The second-order valence-corrected chi connectivity index (χ2v) is 3.30. The van der Waals surface area contributed by atoms with Gasteiger partial charge in [0.25, 0.3) is 0 Å². The molecule has 4 nitrogen and oxygen atoms in total. The fourth-order valence-electron chi connectivity index (χ4n) is 1.35. The van der Waals surface area contributed by atoms with Gasteiger partial charge in [-0.15, -0.1) is 0 Å². The molecule has 0 saturated heterocycles. The first-order valence-electron chi connectivity index (χ1n) is 5.10. The van der Waals surface area contributed by atoms with Crippen LogP contribution in [0, 0.1) is 0 Å². The van der Waals surface area contributed by atoms with Crippen molar-refractivity contribution in [2.75, 3.05) is 23.7 Å². The number of rotatable bonds is 5. The smallest absolute Gasteiger partial charge is 0.225 e. The maximum atomic E-state index is 5.53. The van der Waals surface area contributed by atoms with E-state index < -0.39 is 0 Å². The molecule has 78 valence electrons. The summed E-state index contributed by atoms with van der Waals surface area (Å²) in [6, 6.07) is 0. The number of aromatic nitrogens is 2. The zero-order valence-corrected chi connectivity index (χ0v) is 8.90. The minimum atomic E-state index is 0.613. The molecule has 1 aromatic rings. The van der Waals surface area contributed by atoms with Crippen LogP contribution < -0.4 is 10.6 Å². The van der Waals surface area contributed by atoms with Crippen LogP contribution in [0.1, 0.15) is 26.7 Å². The maximum Gasteiger partial charge on any atom is 0.225 e. The van der Waals surface area contributed by atoms with E-state index in [1.807, 2.05) is 0 Å². The van der Waals surface area contributed by atoms with Crippen LogP contribution in [-0.4, -0.2) is 23.1 Å². The average Bonchev–Trinajstić information content (AvgIpc) is 2.19. The average molecular weight is 194 g/mol. The van der Waals surface area contributed by atoms with Crippen molar-refractivity contribution in [1.82, 2.24) is 9.97 Å². The molecule has 0 fully saturated rings. The van der Waals surface area contributed by atoms with Crippen LogP contribution in [0.25, 0.3) is 0 Å². The van der Waals surface area contributed by atoms with Gasteiger partial charge in [-0.25, -0.2) is 9.97 Å². The molecule has 1 heterocycles. The third-order valence-electron chi connectivity index (χ3n) is 1.93. The molecule has 0 aromatic carbocycles. The Morgan fingerprint density at radius 2 is 1.64 bits per heavy atom. The molecule has 0 aliphatic rings. The molecule has 0 saturated carbocycles. The molecule has 0 radical (unpaired) electrons. The Labute approximate surface area is 85.2 Å². The lowest BCUT2D eigenvalue weighted by Crippen LogP contribution is -2.26. The van der Waals surface area contributed by atoms with Crippen LogP contribution in [0.5, 0.6) is 0 Å². The predicted molar refractivity (Wildman–Crippen MR) is 59.2 cm³/mol. The summed E-state index contributed by atoms with van der Waals surface area (Å²) >= 11 is 0. The molecule has 0 aliphatic heterocycles. The normalized spacial score (nSPS) is 10.1. The first-order valence-corrected chi connectivity index (χ1v) is 5.10. The summed E-state index contributed by atoms with van der Waals surface area (Å²) in [4.78, 5) is 10.6. The Balaban J connectivity index is 2.71. The number of hydrogen-bond donors (Lipinski definition) is 1. The lowest BCUT2D eigenvalue weighted by Gasteiger charge is -2.20. The standard InChI is InChI=1S/C10H18N4/c1-3-5-14(6-4-2)10-12-7-9(11)8-13-10/h7-8H,3-6,11H2,1-2H3. The summed E-state index contributed by atoms with van der Waals surface area (Å²) in [5.41, 5.74) is 6.14. The summed E-state index contributed by atoms with van der Waals surface area (Å²) in [5, 5.41) is 0. The highest BCUT2D eigenvalue weighted by Crippen LogP contribution is 2.08. The van der Waals surface area contributed by atoms with E-state index in [1.54, 1.807) is 12.4 Å². The van der Waals surface area contributed by atoms with Crippen molar-refractivity contribution >= 4 is 11.6 Å². The van der Waals surface area contributed by atoms with Gasteiger partial charge in [-0.2, -0.15) is 0 Å². The third-order valence-corrected chi connectivity index (χ3v) is 1.93. The number of anilines is 2. The third kappa shape index (κ3) is 2.87. The van der Waals surface area contributed by atoms with Gasteiger partial charge in [0, 0.05) is 13.1 Å². The van der Waals surface area contributed by atoms with Crippen LogP contribution in [0.15, 0.2) is 12.4 Å². The van der Waals surface area contributed by atoms with Crippen molar-refractivity contribution in [3.63, 3.8) is 0 Å². The van der Waals surface area contributed by atoms with E-state index in [9.17, 15) is 0 Å². The SMILES string of the molecule is CCCN(CCC)c1ncc(N)cn1. The molecule has 0 amide bonds. The number of nitrogens with two attached hydrogens (primary N) is 1. The van der Waals surface area contributed by atoms with Crippen molar-refractivity contribution < 1.29 is 0 Å². The van der Waals surface area contributed by atoms with Gasteiger partial charge in [0.05, 0.1) is 18.1 Å². The Bertz CT molecular complexity index is 251. The van der Waals surface area contributed by atoms with Gasteiger partial charge in [-0.05, 0) is 12.8 Å². The molecule has 0 spiro atoms. The lowest BCUT2D eigenvalue weighted by atomic mass is 10.4. The fourth-order valence-corrected chi connectivity index (χ4v) is 1.35. The van der Waals surface area contributed by atoms with E-state index in [0.717, 1.165) is 31.9 Å². The minimum Gasteiger partial charge on any atom is -0.396 e. The van der Waals surface area contributed by atoms with E-state index in [1.165, 1.54) is 0 Å². The van der Waals surface area contributed by atoms with Gasteiger partial charge in [0.15, 0.2) is 0 Å². The van der Waals surface area contributed by atoms with E-state index in [2.05, 4.69) is 28.7 Å². The number of nitrogen functional groups attached to an aromatic ring is 1. The van der Waals surface area contributed by atoms with E-state index >= 15 is 0 Å². The summed E-state index contributed by atoms with van der Waals surface area (Å²) < 4.78 is 0. The van der Waals surface area contributed by atoms with E-state index in [4.69, 9.17) is 5.73 Å². The van der Waals surface area contributed by atoms with Crippen LogP contribution in [-0.2, 0) is 0 Å². The van der Waals surface area contributed by atoms with Crippen molar-refractivity contribution in [2.24, 2.45) is 0 Å². The first kappa shape index (κ1) is 10.8. The monoisotopic (exact) mass is 194 g/mol. The Hall–Kier alpha value is -1.32. The van der Waals surface area contributed by atoms with Gasteiger partial charge in [-0.1, -0.05) is 13.8 Å². The zero-order chi connectivity index (χ0) is 10.4. The maximum absolute atomic E-state index is 5.53. The van der Waals surface area contributed by atoms with Crippen LogP contribution in [0.3, 0.4) is 0 Å². The number of nitrogens with zero attached hydrogens (tertiary/aromatic N) is 3. The van der Waals surface area contributed by atoms with Crippen molar-refractivity contribution in [3.8, 4) is 0 Å². The zero-order valence-electron chi connectivity index (χ0n) is 8.90. The van der Waals surface area contributed by atoms with Crippen molar-refractivity contribution in [1.29, 1.82) is 0 Å². The van der Waals surface area contributed by atoms with Gasteiger partial charge in [0.2, 0.25) is 5.95 Å².